The second kappa shape index (κ2) is 7.56. The largest absolute Gasteiger partial charge is 0.349 e. The highest BCUT2D eigenvalue weighted by Gasteiger charge is 2.23. The van der Waals surface area contributed by atoms with E-state index < -0.39 is 0 Å². The molecule has 3 rings (SSSR count). The topological polar surface area (TPSA) is 35.5 Å². The Labute approximate surface area is 142 Å². The monoisotopic (exact) mass is 322 g/mol. The number of hydrogen-bond donors (Lipinski definition) is 0. The first kappa shape index (κ1) is 16.6. The summed E-state index contributed by atoms with van der Waals surface area (Å²) in [5, 5.41) is 0. The third-order valence-electron chi connectivity index (χ3n) is 4.12. The molecule has 0 unspecified atom stereocenters. The lowest BCUT2D eigenvalue weighted by molar-refractivity contribution is -0.140. The Kier molecular flexibility index (Phi) is 5.24. The fraction of sp³-hybridized carbons (Fsp3) is 0.286. The van der Waals surface area contributed by atoms with E-state index in [2.05, 4.69) is 0 Å². The van der Waals surface area contributed by atoms with E-state index in [1.807, 2.05) is 68.5 Å². The Hall–Kier alpha value is -2.23. The van der Waals surface area contributed by atoms with E-state index >= 15 is 0 Å². The summed E-state index contributed by atoms with van der Waals surface area (Å²) in [6, 6.07) is 15.8. The number of rotatable bonds is 6. The summed E-state index contributed by atoms with van der Waals surface area (Å²) in [6.07, 6.45) is 2.35. The van der Waals surface area contributed by atoms with Crippen LogP contribution >= 0.6 is 0 Å². The van der Waals surface area contributed by atoms with Crippen molar-refractivity contribution in [2.24, 2.45) is 0 Å². The van der Waals surface area contributed by atoms with Gasteiger partial charge >= 0.3 is 0 Å². The fourth-order valence-electron chi connectivity index (χ4n) is 2.96. The molecule has 0 spiro atoms. The van der Waals surface area contributed by atoms with Gasteiger partial charge in [-0.1, -0.05) is 48.5 Å². The van der Waals surface area contributed by atoms with Crippen molar-refractivity contribution in [3.8, 4) is 0 Å². The van der Waals surface area contributed by atoms with Crippen LogP contribution < -0.4 is 0 Å². The van der Waals surface area contributed by atoms with Crippen LogP contribution in [0.2, 0.25) is 0 Å². The normalized spacial score (nSPS) is 15.3. The first-order valence-electron chi connectivity index (χ1n) is 8.39. The molecule has 2 aromatic rings. The predicted molar refractivity (Wildman–Crippen MR) is 94.9 cm³/mol. The summed E-state index contributed by atoms with van der Waals surface area (Å²) in [5.41, 5.74) is 4.78. The zero-order valence-electron chi connectivity index (χ0n) is 14.1. The molecule has 0 bridgehead atoms. The Morgan fingerprint density at radius 1 is 1.00 bits per heavy atom. The number of fused-ring (bicyclic) bond motifs is 1. The molecule has 3 nitrogen and oxygen atoms in total. The highest BCUT2D eigenvalue weighted by atomic mass is 16.7. The van der Waals surface area contributed by atoms with E-state index in [1.54, 1.807) is 0 Å². The SMILES string of the molecule is CCOC(OCC)c1ccc(/C=C2\Cc3ccccc3C2=O)cc1. The van der Waals surface area contributed by atoms with Crippen LogP contribution in [0.1, 0.15) is 47.2 Å². The maximum Gasteiger partial charge on any atom is 0.189 e. The van der Waals surface area contributed by atoms with E-state index in [1.165, 1.54) is 0 Å². The Bertz CT molecular complexity index is 738. The van der Waals surface area contributed by atoms with Gasteiger partial charge in [-0.05, 0) is 31.1 Å². The Morgan fingerprint density at radius 2 is 1.67 bits per heavy atom. The summed E-state index contributed by atoms with van der Waals surface area (Å²) in [7, 11) is 0. The van der Waals surface area contributed by atoms with Crippen LogP contribution in [0.4, 0.5) is 0 Å². The molecule has 24 heavy (non-hydrogen) atoms. The average molecular weight is 322 g/mol. The third-order valence-corrected chi connectivity index (χ3v) is 4.12. The van der Waals surface area contributed by atoms with Crippen LogP contribution in [0.5, 0.6) is 0 Å². The molecule has 0 aromatic heterocycles. The van der Waals surface area contributed by atoms with Crippen molar-refractivity contribution in [2.45, 2.75) is 26.6 Å². The first-order valence-corrected chi connectivity index (χ1v) is 8.39. The van der Waals surface area contributed by atoms with Gasteiger partial charge in [-0.15, -0.1) is 0 Å². The molecule has 0 N–H and O–H groups in total. The first-order chi connectivity index (χ1) is 11.7. The lowest BCUT2D eigenvalue weighted by Crippen LogP contribution is -2.08. The third kappa shape index (κ3) is 3.48. The number of hydrogen-bond acceptors (Lipinski definition) is 3. The molecule has 1 aliphatic rings. The predicted octanol–water partition coefficient (Wildman–Crippen LogP) is 4.58. The number of ketones is 1. The molecule has 0 atom stereocenters. The molecular weight excluding hydrogens is 300 g/mol. The molecule has 0 amide bonds. The number of benzene rings is 2. The quantitative estimate of drug-likeness (QED) is 0.577. The Balaban J connectivity index is 1.78. The molecule has 0 saturated carbocycles. The molecule has 0 saturated heterocycles. The van der Waals surface area contributed by atoms with Crippen LogP contribution in [0, 0.1) is 0 Å². The van der Waals surface area contributed by atoms with Gasteiger partial charge in [0.05, 0.1) is 0 Å². The molecule has 0 fully saturated rings. The van der Waals surface area contributed by atoms with Crippen molar-refractivity contribution in [1.29, 1.82) is 0 Å². The van der Waals surface area contributed by atoms with Crippen molar-refractivity contribution in [2.75, 3.05) is 13.2 Å². The standard InChI is InChI=1S/C21H22O3/c1-3-23-21(24-4-2)16-11-9-15(10-12-16)13-18-14-17-7-5-6-8-19(17)20(18)22/h5-13,21H,3-4,14H2,1-2H3/b18-13+. The van der Waals surface area contributed by atoms with Crippen LogP contribution in [0.25, 0.3) is 6.08 Å². The maximum absolute atomic E-state index is 12.4. The van der Waals surface area contributed by atoms with Gasteiger partial charge in [0.1, 0.15) is 0 Å². The number of carbonyl (C=O) groups excluding carboxylic acids is 1. The van der Waals surface area contributed by atoms with Crippen LogP contribution in [0.3, 0.4) is 0 Å². The second-order valence-electron chi connectivity index (χ2n) is 5.74. The molecule has 124 valence electrons. The van der Waals surface area contributed by atoms with E-state index in [0.717, 1.165) is 27.8 Å². The van der Waals surface area contributed by atoms with E-state index in [-0.39, 0.29) is 12.1 Å². The van der Waals surface area contributed by atoms with Crippen LogP contribution in [0.15, 0.2) is 54.1 Å². The van der Waals surface area contributed by atoms with Crippen molar-refractivity contribution in [3.63, 3.8) is 0 Å². The minimum absolute atomic E-state index is 0.135. The van der Waals surface area contributed by atoms with Gasteiger partial charge in [-0.3, -0.25) is 4.79 Å². The van der Waals surface area contributed by atoms with Crippen molar-refractivity contribution < 1.29 is 14.3 Å². The van der Waals surface area contributed by atoms with Gasteiger partial charge in [-0.2, -0.15) is 0 Å². The number of carbonyl (C=O) groups is 1. The minimum Gasteiger partial charge on any atom is -0.349 e. The molecule has 1 aliphatic carbocycles. The van der Waals surface area contributed by atoms with Gasteiger partial charge in [-0.25, -0.2) is 0 Å². The zero-order chi connectivity index (χ0) is 16.9. The highest BCUT2D eigenvalue weighted by molar-refractivity contribution is 6.15. The second-order valence-corrected chi connectivity index (χ2v) is 5.74. The number of Topliss-reactive ketones (excluding diaryl/α,β-unsaturated/α-hetero) is 1. The van der Waals surface area contributed by atoms with E-state index in [9.17, 15) is 4.79 Å². The molecular formula is C21H22O3. The number of ether oxygens (including phenoxy) is 2. The van der Waals surface area contributed by atoms with E-state index in [0.29, 0.717) is 19.6 Å². The van der Waals surface area contributed by atoms with Crippen molar-refractivity contribution in [1.82, 2.24) is 0 Å². The Morgan fingerprint density at radius 3 is 2.29 bits per heavy atom. The minimum atomic E-state index is -0.334. The summed E-state index contributed by atoms with van der Waals surface area (Å²) in [4.78, 5) is 12.4. The lowest BCUT2D eigenvalue weighted by atomic mass is 10.1. The highest BCUT2D eigenvalue weighted by Crippen LogP contribution is 2.28. The molecule has 0 aliphatic heterocycles. The summed E-state index contributed by atoms with van der Waals surface area (Å²) < 4.78 is 11.2. The van der Waals surface area contributed by atoms with Gasteiger partial charge in [0.2, 0.25) is 0 Å². The molecule has 0 heterocycles. The smallest absolute Gasteiger partial charge is 0.189 e. The maximum atomic E-state index is 12.4. The van der Waals surface area contributed by atoms with Gasteiger partial charge in [0.25, 0.3) is 0 Å². The van der Waals surface area contributed by atoms with Crippen molar-refractivity contribution >= 4 is 11.9 Å². The number of allylic oxidation sites excluding steroid dienone is 1. The van der Waals surface area contributed by atoms with E-state index in [4.69, 9.17) is 9.47 Å². The summed E-state index contributed by atoms with van der Waals surface area (Å²) >= 11 is 0. The molecule has 2 aromatic carbocycles. The van der Waals surface area contributed by atoms with Gasteiger partial charge in [0.15, 0.2) is 12.1 Å². The molecule has 0 radical (unpaired) electrons. The van der Waals surface area contributed by atoms with Gasteiger partial charge in [0, 0.05) is 36.3 Å². The summed E-state index contributed by atoms with van der Waals surface area (Å²) in [5.74, 6) is 0.135. The van der Waals surface area contributed by atoms with Crippen molar-refractivity contribution in [3.05, 3.63) is 76.4 Å². The average Bonchev–Trinajstić information content (AvgIpc) is 2.92. The molecule has 3 heteroatoms. The summed E-state index contributed by atoms with van der Waals surface area (Å²) in [6.45, 7) is 5.11. The fourth-order valence-corrected chi connectivity index (χ4v) is 2.96. The van der Waals surface area contributed by atoms with Crippen LogP contribution in [-0.2, 0) is 15.9 Å². The zero-order valence-corrected chi connectivity index (χ0v) is 14.1. The lowest BCUT2D eigenvalue weighted by Gasteiger charge is -2.17. The van der Waals surface area contributed by atoms with Gasteiger partial charge < -0.3 is 9.47 Å². The van der Waals surface area contributed by atoms with Crippen LogP contribution in [-0.4, -0.2) is 19.0 Å².